The predicted octanol–water partition coefficient (Wildman–Crippen LogP) is 2.77. The Kier molecular flexibility index (Phi) is 14.8. The van der Waals surface area contributed by atoms with E-state index in [1.807, 2.05) is 11.7 Å². The van der Waals surface area contributed by atoms with Crippen LogP contribution in [0.2, 0.25) is 0 Å². The Labute approximate surface area is 191 Å². The van der Waals surface area contributed by atoms with E-state index in [0.29, 0.717) is 11.3 Å². The van der Waals surface area contributed by atoms with E-state index in [4.69, 9.17) is 10.5 Å². The van der Waals surface area contributed by atoms with Crippen LogP contribution in [-0.4, -0.2) is 61.4 Å². The number of hydrazine groups is 1. The van der Waals surface area contributed by atoms with E-state index in [9.17, 15) is 9.59 Å². The van der Waals surface area contributed by atoms with Gasteiger partial charge in [0.2, 0.25) is 0 Å². The lowest BCUT2D eigenvalue weighted by molar-refractivity contribution is -0.118. The predicted molar refractivity (Wildman–Crippen MR) is 130 cm³/mol. The number of allylic oxidation sites excluding steroid dienone is 1. The molecule has 0 radical (unpaired) electrons. The number of benzene rings is 1. The smallest absolute Gasteiger partial charge is 0.288 e. The third-order valence-electron chi connectivity index (χ3n) is 4.38. The first-order valence-corrected chi connectivity index (χ1v) is 10.8. The van der Waals surface area contributed by atoms with Crippen LogP contribution in [0.3, 0.4) is 0 Å². The van der Waals surface area contributed by atoms with Crippen molar-refractivity contribution in [2.75, 3.05) is 32.6 Å². The highest BCUT2D eigenvalue weighted by Crippen LogP contribution is 2.14. The number of nitrogens with one attached hydrogen (secondary N) is 2. The second kappa shape index (κ2) is 16.5. The summed E-state index contributed by atoms with van der Waals surface area (Å²) in [7, 11) is 3.40. The van der Waals surface area contributed by atoms with Gasteiger partial charge in [-0.3, -0.25) is 20.4 Å². The number of unbranched alkanes of at least 4 members (excludes halogenated alkanes) is 2. The second-order valence-corrected chi connectivity index (χ2v) is 7.23. The Bertz CT molecular complexity index is 769. The molecule has 0 bridgehead atoms. The zero-order valence-electron chi connectivity index (χ0n) is 20.0. The number of hydrogen-bond acceptors (Lipinski definition) is 7. The lowest BCUT2D eigenvalue weighted by Crippen LogP contribution is -2.42. The third-order valence-corrected chi connectivity index (χ3v) is 4.38. The molecule has 0 saturated heterocycles. The maximum absolute atomic E-state index is 13.0. The number of nitrogens with zero attached hydrogens (tertiary/aromatic N) is 3. The molecule has 1 aromatic carbocycles. The van der Waals surface area contributed by atoms with Crippen LogP contribution in [-0.2, 0) is 9.59 Å². The van der Waals surface area contributed by atoms with E-state index in [1.54, 1.807) is 51.4 Å². The molecule has 1 rings (SSSR count). The monoisotopic (exact) mass is 446 g/mol. The molecule has 2 amide bonds. The number of rotatable bonds is 12. The zero-order chi connectivity index (χ0) is 24.5. The summed E-state index contributed by atoms with van der Waals surface area (Å²) in [5, 5.41) is 5.69. The molecule has 0 spiro atoms. The Morgan fingerprint density at radius 2 is 1.72 bits per heavy atom. The molecule has 4 N–H and O–H groups in total. The van der Waals surface area contributed by atoms with Crippen LogP contribution in [0.25, 0.3) is 0 Å². The summed E-state index contributed by atoms with van der Waals surface area (Å²) in [5.74, 6) is -0.427. The molecule has 9 nitrogen and oxygen atoms in total. The SMILES string of the molecule is C/C=C(N)\C(=N\Nc1cccc(C(=O)N(CCCC)CCCC)c1)C(=O)NN(C)C.C=O. The summed E-state index contributed by atoms with van der Waals surface area (Å²) < 4.78 is 0. The van der Waals surface area contributed by atoms with Crippen LogP contribution in [0.4, 0.5) is 5.69 Å². The van der Waals surface area contributed by atoms with Crippen LogP contribution in [0, 0.1) is 0 Å². The first-order chi connectivity index (χ1) is 15.3. The maximum atomic E-state index is 13.0. The highest BCUT2D eigenvalue weighted by Gasteiger charge is 2.17. The van der Waals surface area contributed by atoms with Crippen LogP contribution >= 0.6 is 0 Å². The minimum Gasteiger partial charge on any atom is -0.397 e. The minimum atomic E-state index is -0.430. The normalized spacial score (nSPS) is 11.4. The van der Waals surface area contributed by atoms with Crippen molar-refractivity contribution in [1.29, 1.82) is 0 Å². The van der Waals surface area contributed by atoms with Crippen LogP contribution in [0.1, 0.15) is 56.8 Å². The number of hydrogen-bond donors (Lipinski definition) is 3. The minimum absolute atomic E-state index is 0.00284. The third kappa shape index (κ3) is 10.2. The molecule has 0 fully saturated rings. The van der Waals surface area contributed by atoms with Crippen molar-refractivity contribution in [3.05, 3.63) is 41.6 Å². The maximum Gasteiger partial charge on any atom is 0.288 e. The van der Waals surface area contributed by atoms with E-state index in [0.717, 1.165) is 38.8 Å². The largest absolute Gasteiger partial charge is 0.397 e. The van der Waals surface area contributed by atoms with Gasteiger partial charge in [-0.25, -0.2) is 5.01 Å². The van der Waals surface area contributed by atoms with Gasteiger partial charge in [0.15, 0.2) is 5.71 Å². The molecule has 0 atom stereocenters. The van der Waals surface area contributed by atoms with Crippen LogP contribution in [0.5, 0.6) is 0 Å². The van der Waals surface area contributed by atoms with Gasteiger partial charge in [0.1, 0.15) is 6.79 Å². The van der Waals surface area contributed by atoms with Gasteiger partial charge in [-0.15, -0.1) is 0 Å². The van der Waals surface area contributed by atoms with E-state index >= 15 is 0 Å². The zero-order valence-corrected chi connectivity index (χ0v) is 20.0. The number of anilines is 1. The highest BCUT2D eigenvalue weighted by atomic mass is 16.2. The Morgan fingerprint density at radius 1 is 1.12 bits per heavy atom. The molecule has 1 aromatic rings. The molecule has 0 unspecified atom stereocenters. The van der Waals surface area contributed by atoms with Crippen LogP contribution < -0.4 is 16.6 Å². The molecule has 0 aliphatic rings. The summed E-state index contributed by atoms with van der Waals surface area (Å²) >= 11 is 0. The molecule has 0 aliphatic heterocycles. The molecule has 32 heavy (non-hydrogen) atoms. The molecular weight excluding hydrogens is 408 g/mol. The lowest BCUT2D eigenvalue weighted by Gasteiger charge is -2.22. The van der Waals surface area contributed by atoms with Gasteiger partial charge in [0.05, 0.1) is 11.4 Å². The number of nitrogens with two attached hydrogens (primary N) is 1. The average Bonchev–Trinajstić information content (AvgIpc) is 2.79. The Morgan fingerprint density at radius 3 is 2.22 bits per heavy atom. The van der Waals surface area contributed by atoms with Gasteiger partial charge in [-0.1, -0.05) is 38.8 Å². The average molecular weight is 447 g/mol. The van der Waals surface area contributed by atoms with E-state index in [1.165, 1.54) is 5.01 Å². The van der Waals surface area contributed by atoms with Crippen molar-refractivity contribution < 1.29 is 14.4 Å². The quantitative estimate of drug-likeness (QED) is 0.335. The fraction of sp³-hybridized carbons (Fsp3) is 0.478. The van der Waals surface area contributed by atoms with E-state index in [2.05, 4.69) is 29.8 Å². The Balaban J connectivity index is 0.00000466. The molecule has 0 aliphatic carbocycles. The first-order valence-electron chi connectivity index (χ1n) is 10.8. The standard InChI is InChI=1S/C22H36N6O2.CH2O/c1-6-9-14-28(15-10-7-2)22(30)17-12-11-13-18(16-17)24-25-20(19(23)8-3)21(29)26-27(4)5;1-2/h8,11-13,16,24H,6-7,9-10,14-15,23H2,1-5H3,(H,26,29);1H2/b19-8+,25-20-;. The first kappa shape index (κ1) is 28.8. The van der Waals surface area contributed by atoms with Gasteiger partial charge in [-0.2, -0.15) is 5.10 Å². The number of amides is 2. The molecule has 9 heteroatoms. The second-order valence-electron chi connectivity index (χ2n) is 7.23. The summed E-state index contributed by atoms with van der Waals surface area (Å²) in [6.07, 6.45) is 5.64. The molecule has 0 saturated carbocycles. The van der Waals surface area contributed by atoms with Gasteiger partial charge < -0.3 is 15.4 Å². The fourth-order valence-corrected chi connectivity index (χ4v) is 2.68. The molecule has 178 valence electrons. The van der Waals surface area contributed by atoms with Gasteiger partial charge >= 0.3 is 0 Å². The van der Waals surface area contributed by atoms with Crippen molar-refractivity contribution >= 4 is 30.0 Å². The summed E-state index contributed by atoms with van der Waals surface area (Å²) in [5.41, 5.74) is 12.9. The van der Waals surface area contributed by atoms with Crippen molar-refractivity contribution in [3.8, 4) is 0 Å². The summed E-state index contributed by atoms with van der Waals surface area (Å²) in [6, 6.07) is 7.11. The number of carbonyl (C=O) groups is 3. The van der Waals surface area contributed by atoms with Gasteiger partial charge in [-0.05, 0) is 38.0 Å². The topological polar surface area (TPSA) is 120 Å². The van der Waals surface area contributed by atoms with Crippen molar-refractivity contribution in [2.45, 2.75) is 46.5 Å². The van der Waals surface area contributed by atoms with Gasteiger partial charge in [0, 0.05) is 32.7 Å². The van der Waals surface area contributed by atoms with Gasteiger partial charge in [0.25, 0.3) is 11.8 Å². The molecular formula is C23H38N6O3. The van der Waals surface area contributed by atoms with Crippen molar-refractivity contribution in [1.82, 2.24) is 15.3 Å². The van der Waals surface area contributed by atoms with Crippen molar-refractivity contribution in [2.24, 2.45) is 10.8 Å². The van der Waals surface area contributed by atoms with E-state index < -0.39 is 5.91 Å². The number of hydrazone groups is 1. The summed E-state index contributed by atoms with van der Waals surface area (Å²) in [4.78, 5) is 35.2. The molecule has 0 aromatic heterocycles. The fourth-order valence-electron chi connectivity index (χ4n) is 2.68. The van der Waals surface area contributed by atoms with Crippen molar-refractivity contribution in [3.63, 3.8) is 0 Å². The summed E-state index contributed by atoms with van der Waals surface area (Å²) in [6.45, 7) is 9.46. The lowest BCUT2D eigenvalue weighted by atomic mass is 10.1. The highest BCUT2D eigenvalue weighted by molar-refractivity contribution is 6.45. The Hall–Kier alpha value is -3.20. The number of carbonyl (C=O) groups excluding carboxylic acids is 3. The van der Waals surface area contributed by atoms with Crippen LogP contribution in [0.15, 0.2) is 41.1 Å². The van der Waals surface area contributed by atoms with E-state index in [-0.39, 0.29) is 17.3 Å². The molecule has 0 heterocycles.